The number of benzene rings is 2. The van der Waals surface area contributed by atoms with Gasteiger partial charge in [-0.15, -0.1) is 0 Å². The zero-order valence-electron chi connectivity index (χ0n) is 13.7. The molecular weight excluding hydrogens is 379 g/mol. The van der Waals surface area contributed by atoms with Crippen molar-refractivity contribution in [2.75, 3.05) is 10.5 Å². The second-order valence-electron chi connectivity index (χ2n) is 5.48. The molecule has 0 atom stereocenters. The maximum Gasteiger partial charge on any atom is 0.262 e. The molecule has 0 aliphatic carbocycles. The van der Waals surface area contributed by atoms with Crippen molar-refractivity contribution in [1.82, 2.24) is 4.98 Å². The maximum atomic E-state index is 13.8. The Bertz CT molecular complexity index is 1180. The van der Waals surface area contributed by atoms with Crippen LogP contribution in [0, 0.1) is 5.82 Å². The third kappa shape index (κ3) is 3.40. The van der Waals surface area contributed by atoms with E-state index in [4.69, 9.17) is 0 Å². The summed E-state index contributed by atoms with van der Waals surface area (Å²) in [6, 6.07) is 10.6. The number of halogens is 1. The standard InChI is InChI=1S/C17H15FN2O4S2/c1-2-25(21,22)13-7-5-12(6-8-13)20-26(23,24)16-10-9-15(18)17-14(16)4-3-11-19-17/h3-11,20H,2H2,1H3. The Balaban J connectivity index is 1.99. The maximum absolute atomic E-state index is 13.8. The molecular formula is C17H15FN2O4S2. The molecule has 9 heteroatoms. The number of rotatable bonds is 5. The van der Waals surface area contributed by atoms with Crippen molar-refractivity contribution in [3.8, 4) is 0 Å². The van der Waals surface area contributed by atoms with Crippen molar-refractivity contribution in [1.29, 1.82) is 0 Å². The Morgan fingerprint density at radius 1 is 1.00 bits per heavy atom. The first-order valence-electron chi connectivity index (χ1n) is 7.63. The molecule has 3 aromatic rings. The zero-order valence-corrected chi connectivity index (χ0v) is 15.3. The zero-order chi connectivity index (χ0) is 18.9. The summed E-state index contributed by atoms with van der Waals surface area (Å²) >= 11 is 0. The van der Waals surface area contributed by atoms with Gasteiger partial charge in [-0.25, -0.2) is 21.2 Å². The van der Waals surface area contributed by atoms with E-state index in [2.05, 4.69) is 9.71 Å². The highest BCUT2D eigenvalue weighted by molar-refractivity contribution is 7.93. The van der Waals surface area contributed by atoms with E-state index in [1.54, 1.807) is 0 Å². The van der Waals surface area contributed by atoms with Crippen molar-refractivity contribution >= 4 is 36.5 Å². The number of nitrogens with one attached hydrogen (secondary N) is 1. The van der Waals surface area contributed by atoms with Crippen LogP contribution in [0.15, 0.2) is 64.5 Å². The van der Waals surface area contributed by atoms with Crippen molar-refractivity contribution in [3.63, 3.8) is 0 Å². The molecule has 0 radical (unpaired) electrons. The summed E-state index contributed by atoms with van der Waals surface area (Å²) in [6.45, 7) is 1.53. The van der Waals surface area contributed by atoms with Gasteiger partial charge in [0.15, 0.2) is 9.84 Å². The van der Waals surface area contributed by atoms with Gasteiger partial charge in [-0.05, 0) is 48.5 Å². The molecule has 0 amide bonds. The molecule has 0 spiro atoms. The normalized spacial score (nSPS) is 12.2. The van der Waals surface area contributed by atoms with E-state index < -0.39 is 25.7 Å². The molecule has 1 N–H and O–H groups in total. The van der Waals surface area contributed by atoms with Gasteiger partial charge >= 0.3 is 0 Å². The molecule has 0 bridgehead atoms. The van der Waals surface area contributed by atoms with Crippen molar-refractivity contribution in [2.45, 2.75) is 16.7 Å². The quantitative estimate of drug-likeness (QED) is 0.718. The number of pyridine rings is 1. The average Bonchev–Trinajstić information content (AvgIpc) is 2.62. The average molecular weight is 394 g/mol. The molecule has 136 valence electrons. The van der Waals surface area contributed by atoms with Crippen molar-refractivity contribution in [2.24, 2.45) is 0 Å². The van der Waals surface area contributed by atoms with Crippen molar-refractivity contribution in [3.05, 3.63) is 60.5 Å². The number of nitrogens with zero attached hydrogens (tertiary/aromatic N) is 1. The van der Waals surface area contributed by atoms with Gasteiger partial charge in [0.1, 0.15) is 11.3 Å². The second kappa shape index (κ2) is 6.65. The SMILES string of the molecule is CCS(=O)(=O)c1ccc(NS(=O)(=O)c2ccc(F)c3ncccc23)cc1. The molecule has 0 saturated heterocycles. The Labute approximate surface area is 150 Å². The minimum Gasteiger partial charge on any atom is -0.280 e. The first-order chi connectivity index (χ1) is 12.2. The molecule has 0 aliphatic heterocycles. The highest BCUT2D eigenvalue weighted by Gasteiger charge is 2.20. The Morgan fingerprint density at radius 2 is 1.69 bits per heavy atom. The lowest BCUT2D eigenvalue weighted by Crippen LogP contribution is -2.14. The summed E-state index contributed by atoms with van der Waals surface area (Å²) in [5.74, 6) is -0.666. The molecule has 26 heavy (non-hydrogen) atoms. The van der Waals surface area contributed by atoms with Crippen LogP contribution in [-0.4, -0.2) is 27.6 Å². The van der Waals surface area contributed by atoms with E-state index in [0.29, 0.717) is 0 Å². The predicted molar refractivity (Wildman–Crippen MR) is 96.7 cm³/mol. The topological polar surface area (TPSA) is 93.2 Å². The van der Waals surface area contributed by atoms with E-state index in [1.807, 2.05) is 0 Å². The minimum atomic E-state index is -4.02. The molecule has 0 saturated carbocycles. The van der Waals surface area contributed by atoms with Crippen LogP contribution in [0.25, 0.3) is 10.9 Å². The monoisotopic (exact) mass is 394 g/mol. The molecule has 0 fully saturated rings. The number of hydrogen-bond donors (Lipinski definition) is 1. The first-order valence-corrected chi connectivity index (χ1v) is 10.8. The Kier molecular flexibility index (Phi) is 4.68. The summed E-state index contributed by atoms with van der Waals surface area (Å²) in [6.07, 6.45) is 1.38. The minimum absolute atomic E-state index is 0.0419. The third-order valence-corrected chi connectivity index (χ3v) is 7.01. The number of sulfonamides is 1. The van der Waals surface area contributed by atoms with Crippen LogP contribution >= 0.6 is 0 Å². The smallest absolute Gasteiger partial charge is 0.262 e. The summed E-state index contributed by atoms with van der Waals surface area (Å²) in [5, 5.41) is 0.158. The summed E-state index contributed by atoms with van der Waals surface area (Å²) < 4.78 is 65.2. The van der Waals surface area contributed by atoms with Crippen LogP contribution in [0.4, 0.5) is 10.1 Å². The Morgan fingerprint density at radius 3 is 2.35 bits per heavy atom. The number of sulfone groups is 1. The molecule has 1 aromatic heterocycles. The highest BCUT2D eigenvalue weighted by Crippen LogP contribution is 2.26. The van der Waals surface area contributed by atoms with Crippen LogP contribution in [0.3, 0.4) is 0 Å². The lowest BCUT2D eigenvalue weighted by Gasteiger charge is -2.11. The van der Waals surface area contributed by atoms with E-state index >= 15 is 0 Å². The van der Waals surface area contributed by atoms with E-state index in [-0.39, 0.29) is 32.1 Å². The molecule has 0 unspecified atom stereocenters. The van der Waals surface area contributed by atoms with Gasteiger partial charge in [-0.3, -0.25) is 9.71 Å². The molecule has 0 aliphatic rings. The van der Waals surface area contributed by atoms with Crippen LogP contribution in [0.5, 0.6) is 0 Å². The molecule has 2 aromatic carbocycles. The largest absolute Gasteiger partial charge is 0.280 e. The van der Waals surface area contributed by atoms with Crippen molar-refractivity contribution < 1.29 is 21.2 Å². The van der Waals surface area contributed by atoms with E-state index in [0.717, 1.165) is 12.1 Å². The molecule has 1 heterocycles. The highest BCUT2D eigenvalue weighted by atomic mass is 32.2. The van der Waals surface area contributed by atoms with Gasteiger partial charge in [-0.2, -0.15) is 0 Å². The third-order valence-electron chi connectivity index (χ3n) is 3.82. The van der Waals surface area contributed by atoms with Gasteiger partial charge < -0.3 is 0 Å². The van der Waals surface area contributed by atoms with Gasteiger partial charge in [0.2, 0.25) is 0 Å². The lowest BCUT2D eigenvalue weighted by atomic mass is 10.2. The predicted octanol–water partition coefficient (Wildman–Crippen LogP) is 2.97. The van der Waals surface area contributed by atoms with Crippen LogP contribution in [-0.2, 0) is 19.9 Å². The van der Waals surface area contributed by atoms with Gasteiger partial charge in [0, 0.05) is 17.3 Å². The summed E-state index contributed by atoms with van der Waals surface area (Å²) in [4.78, 5) is 3.87. The lowest BCUT2D eigenvalue weighted by molar-refractivity contribution is 0.597. The van der Waals surface area contributed by atoms with Gasteiger partial charge in [0.25, 0.3) is 10.0 Å². The second-order valence-corrected chi connectivity index (χ2v) is 9.41. The van der Waals surface area contributed by atoms with E-state index in [9.17, 15) is 21.2 Å². The van der Waals surface area contributed by atoms with Gasteiger partial charge in [-0.1, -0.05) is 6.92 Å². The number of aromatic nitrogens is 1. The number of anilines is 1. The number of hydrogen-bond acceptors (Lipinski definition) is 5. The number of fused-ring (bicyclic) bond motifs is 1. The fourth-order valence-corrected chi connectivity index (χ4v) is 4.60. The summed E-state index contributed by atoms with van der Waals surface area (Å²) in [7, 11) is -7.39. The fourth-order valence-electron chi connectivity index (χ4n) is 2.45. The Hall–Kier alpha value is -2.52. The van der Waals surface area contributed by atoms with E-state index in [1.165, 1.54) is 49.5 Å². The van der Waals surface area contributed by atoms with Gasteiger partial charge in [0.05, 0.1) is 15.5 Å². The summed E-state index contributed by atoms with van der Waals surface area (Å²) in [5.41, 5.74) is 0.154. The van der Waals surface area contributed by atoms with Crippen LogP contribution in [0.2, 0.25) is 0 Å². The molecule has 6 nitrogen and oxygen atoms in total. The fraction of sp³-hybridized carbons (Fsp3) is 0.118. The van der Waals surface area contributed by atoms with Crippen LogP contribution in [0.1, 0.15) is 6.92 Å². The first kappa shape index (κ1) is 18.3. The van der Waals surface area contributed by atoms with Crippen LogP contribution < -0.4 is 4.72 Å². The molecule has 3 rings (SSSR count).